The normalized spacial score (nSPS) is 12.0. The molecule has 0 aromatic heterocycles. The molecule has 0 radical (unpaired) electrons. The van der Waals surface area contributed by atoms with E-state index in [1.807, 2.05) is 0 Å². The number of carboxylic acid groups (broad SMARTS) is 1. The van der Waals surface area contributed by atoms with Crippen molar-refractivity contribution in [2.75, 3.05) is 0 Å². The summed E-state index contributed by atoms with van der Waals surface area (Å²) < 4.78 is 28.0. The molecule has 0 aliphatic rings. The number of rotatable bonds is 6. The molecule has 9 heteroatoms. The summed E-state index contributed by atoms with van der Waals surface area (Å²) in [6.07, 6.45) is 0. The molecule has 0 aliphatic heterocycles. The van der Waals surface area contributed by atoms with Gasteiger partial charge in [-0.2, -0.15) is 8.78 Å². The maximum Gasteiger partial charge on any atom is 0.387 e. The first-order valence-corrected chi connectivity index (χ1v) is 5.68. The third-order valence-electron chi connectivity index (χ3n) is 1.87. The molecule has 0 spiro atoms. The lowest BCUT2D eigenvalue weighted by Gasteiger charge is -2.09. The number of aliphatic carboxylic acids is 1. The Balaban J connectivity index is 2.82. The van der Waals surface area contributed by atoms with Gasteiger partial charge in [0.15, 0.2) is 0 Å². The Hall–Kier alpha value is -2.00. The fourth-order valence-electron chi connectivity index (χ4n) is 1.07. The Morgan fingerprint density at radius 1 is 1.37 bits per heavy atom. The van der Waals surface area contributed by atoms with Gasteiger partial charge < -0.3 is 21.0 Å². The van der Waals surface area contributed by atoms with Crippen LogP contribution in [0.2, 0.25) is 0 Å². The van der Waals surface area contributed by atoms with Crippen LogP contribution >= 0.6 is 11.8 Å². The Kier molecular flexibility index (Phi) is 5.39. The second kappa shape index (κ2) is 6.81. The van der Waals surface area contributed by atoms with E-state index < -0.39 is 18.3 Å². The second-order valence-electron chi connectivity index (χ2n) is 3.14. The average Bonchev–Trinajstić information content (AvgIpc) is 2.36. The Morgan fingerprint density at radius 2 is 1.95 bits per heavy atom. The zero-order valence-corrected chi connectivity index (χ0v) is 10.3. The summed E-state index contributed by atoms with van der Waals surface area (Å²) in [5, 5.41) is 8.75. The van der Waals surface area contributed by atoms with Crippen molar-refractivity contribution in [2.24, 2.45) is 11.6 Å². The molecule has 0 aliphatic carbocycles. The van der Waals surface area contributed by atoms with E-state index in [2.05, 4.69) is 10.2 Å². The Bertz CT molecular complexity index is 479. The third-order valence-corrected chi connectivity index (χ3v) is 2.92. The quantitative estimate of drug-likeness (QED) is 0.268. The number of hydrazine groups is 1. The number of thioether (sulfide) groups is 1. The van der Waals surface area contributed by atoms with Gasteiger partial charge in [0.2, 0.25) is 0 Å². The number of nitrogens with one attached hydrogen (secondary N) is 1. The van der Waals surface area contributed by atoms with Gasteiger partial charge in [-0.15, -0.1) is 0 Å². The molecule has 6 nitrogen and oxygen atoms in total. The Morgan fingerprint density at radius 3 is 2.37 bits per heavy atom. The molecule has 0 fully saturated rings. The van der Waals surface area contributed by atoms with Crippen molar-refractivity contribution in [1.29, 1.82) is 0 Å². The van der Waals surface area contributed by atoms with E-state index in [1.54, 1.807) is 0 Å². The summed E-state index contributed by atoms with van der Waals surface area (Å²) in [7, 11) is 0. The molecule has 6 N–H and O–H groups in total. The summed E-state index contributed by atoms with van der Waals surface area (Å²) in [5.74, 6) is 3.84. The minimum atomic E-state index is -2.90. The largest absolute Gasteiger partial charge is 0.477 e. The van der Waals surface area contributed by atoms with Crippen LogP contribution in [0, 0.1) is 0 Å². The smallest absolute Gasteiger partial charge is 0.387 e. The van der Waals surface area contributed by atoms with Gasteiger partial charge in [0.1, 0.15) is 16.5 Å². The zero-order valence-electron chi connectivity index (χ0n) is 9.47. The van der Waals surface area contributed by atoms with Crippen LogP contribution in [-0.4, -0.2) is 17.7 Å². The van der Waals surface area contributed by atoms with E-state index in [-0.39, 0.29) is 10.8 Å². The lowest BCUT2D eigenvalue weighted by Crippen LogP contribution is -2.26. The van der Waals surface area contributed by atoms with Crippen LogP contribution in [-0.2, 0) is 4.79 Å². The number of alkyl halides is 2. The number of ether oxygens (including phenoxy) is 1. The van der Waals surface area contributed by atoms with Crippen LogP contribution < -0.4 is 21.7 Å². The van der Waals surface area contributed by atoms with E-state index in [9.17, 15) is 13.6 Å². The fourth-order valence-corrected chi connectivity index (χ4v) is 1.83. The predicted molar refractivity (Wildman–Crippen MR) is 65.1 cm³/mol. The van der Waals surface area contributed by atoms with Crippen molar-refractivity contribution in [3.63, 3.8) is 0 Å². The lowest BCUT2D eigenvalue weighted by molar-refractivity contribution is -0.132. The summed E-state index contributed by atoms with van der Waals surface area (Å²) in [6, 6.07) is 5.57. The highest BCUT2D eigenvalue weighted by atomic mass is 32.2. The van der Waals surface area contributed by atoms with Crippen LogP contribution in [0.1, 0.15) is 0 Å². The SMILES string of the molecule is NN/C(Sc1ccc(OC(F)F)cc1)=C(\N)C(=O)O. The molecule has 104 valence electrons. The summed E-state index contributed by atoms with van der Waals surface area (Å²) in [6.45, 7) is -2.90. The lowest BCUT2D eigenvalue weighted by atomic mass is 10.3. The van der Waals surface area contributed by atoms with Crippen LogP contribution in [0.5, 0.6) is 5.75 Å². The molecule has 0 heterocycles. The molecule has 19 heavy (non-hydrogen) atoms. The minimum absolute atomic E-state index is 0.00297. The molecule has 0 bridgehead atoms. The molecule has 0 amide bonds. The Labute approximate surface area is 111 Å². The highest BCUT2D eigenvalue weighted by molar-refractivity contribution is 8.03. The maximum atomic E-state index is 11.9. The predicted octanol–water partition coefficient (Wildman–Crippen LogP) is 1.06. The molecule has 0 unspecified atom stereocenters. The first kappa shape index (κ1) is 15.1. The highest BCUT2D eigenvalue weighted by Gasteiger charge is 2.11. The fraction of sp³-hybridized carbons (Fsp3) is 0.100. The average molecular weight is 291 g/mol. The van der Waals surface area contributed by atoms with Gasteiger partial charge in [-0.3, -0.25) is 0 Å². The van der Waals surface area contributed by atoms with Gasteiger partial charge in [-0.1, -0.05) is 11.8 Å². The molecule has 0 saturated heterocycles. The van der Waals surface area contributed by atoms with Gasteiger partial charge in [0, 0.05) is 4.90 Å². The van der Waals surface area contributed by atoms with Crippen molar-refractivity contribution >= 4 is 17.7 Å². The minimum Gasteiger partial charge on any atom is -0.477 e. The van der Waals surface area contributed by atoms with Crippen molar-refractivity contribution in [3.05, 3.63) is 35.0 Å². The number of nitrogens with two attached hydrogens (primary N) is 2. The molecule has 1 aromatic rings. The molecule has 0 atom stereocenters. The number of benzene rings is 1. The number of carbonyl (C=O) groups is 1. The first-order chi connectivity index (χ1) is 8.93. The van der Waals surface area contributed by atoms with Gasteiger partial charge in [0.25, 0.3) is 0 Å². The first-order valence-electron chi connectivity index (χ1n) is 4.86. The number of carboxylic acids is 1. The highest BCUT2D eigenvalue weighted by Crippen LogP contribution is 2.27. The molecule has 0 saturated carbocycles. The standard InChI is InChI=1S/C10H11F2N3O3S/c11-10(12)18-5-1-3-6(4-2-5)19-8(15-14)7(13)9(16)17/h1-4,10,15H,13-14H2,(H,16,17)/b8-7+. The van der Waals surface area contributed by atoms with Crippen molar-refractivity contribution in [1.82, 2.24) is 5.43 Å². The summed E-state index contributed by atoms with van der Waals surface area (Å²) in [5.41, 5.74) is 7.03. The molecular weight excluding hydrogens is 280 g/mol. The van der Waals surface area contributed by atoms with Gasteiger partial charge in [-0.25, -0.2) is 10.6 Å². The maximum absolute atomic E-state index is 11.9. The van der Waals surface area contributed by atoms with E-state index >= 15 is 0 Å². The van der Waals surface area contributed by atoms with E-state index in [0.717, 1.165) is 11.8 Å². The van der Waals surface area contributed by atoms with Crippen molar-refractivity contribution in [2.45, 2.75) is 11.5 Å². The number of halogens is 2. The molecular formula is C10H11F2N3O3S. The third kappa shape index (κ3) is 4.64. The van der Waals surface area contributed by atoms with Crippen LogP contribution in [0.4, 0.5) is 8.78 Å². The van der Waals surface area contributed by atoms with Gasteiger partial charge in [0.05, 0.1) is 0 Å². The second-order valence-corrected chi connectivity index (χ2v) is 4.23. The van der Waals surface area contributed by atoms with E-state index in [1.165, 1.54) is 24.3 Å². The topological polar surface area (TPSA) is 111 Å². The number of hydrogen-bond donors (Lipinski definition) is 4. The zero-order chi connectivity index (χ0) is 14.4. The van der Waals surface area contributed by atoms with Crippen LogP contribution in [0.25, 0.3) is 0 Å². The monoisotopic (exact) mass is 291 g/mol. The summed E-state index contributed by atoms with van der Waals surface area (Å²) >= 11 is 0.947. The number of hydrogen-bond acceptors (Lipinski definition) is 6. The van der Waals surface area contributed by atoms with Gasteiger partial charge in [-0.05, 0) is 24.3 Å². The van der Waals surface area contributed by atoms with Crippen LogP contribution in [0.3, 0.4) is 0 Å². The van der Waals surface area contributed by atoms with Gasteiger partial charge >= 0.3 is 12.6 Å². The van der Waals surface area contributed by atoms with E-state index in [4.69, 9.17) is 16.7 Å². The van der Waals surface area contributed by atoms with Crippen molar-refractivity contribution < 1.29 is 23.4 Å². The molecule has 1 aromatic carbocycles. The summed E-state index contributed by atoms with van der Waals surface area (Å²) in [4.78, 5) is 11.2. The molecule has 1 rings (SSSR count). The van der Waals surface area contributed by atoms with Crippen LogP contribution in [0.15, 0.2) is 39.9 Å². The van der Waals surface area contributed by atoms with Crippen molar-refractivity contribution in [3.8, 4) is 5.75 Å². The van der Waals surface area contributed by atoms with E-state index in [0.29, 0.717) is 4.90 Å².